The molecule has 178 valence electrons. The molecule has 1 saturated heterocycles. The number of methoxy groups -OCH3 is 1. The van der Waals surface area contributed by atoms with Crippen LogP contribution in [0.25, 0.3) is 10.9 Å². The number of aromatic nitrogens is 1. The van der Waals surface area contributed by atoms with Gasteiger partial charge < -0.3 is 29.4 Å². The Morgan fingerprint density at radius 1 is 1.18 bits per heavy atom. The van der Waals surface area contributed by atoms with E-state index < -0.39 is 18.3 Å². The first kappa shape index (κ1) is 22.2. The number of rotatable bonds is 8. The van der Waals surface area contributed by atoms with E-state index in [0.29, 0.717) is 43.5 Å². The minimum absolute atomic E-state index is 0.260. The highest BCUT2D eigenvalue weighted by atomic mass is 16.6. The lowest BCUT2D eigenvalue weighted by atomic mass is 10.1. The van der Waals surface area contributed by atoms with Crippen LogP contribution in [0.2, 0.25) is 0 Å². The van der Waals surface area contributed by atoms with Crippen molar-refractivity contribution < 1.29 is 28.8 Å². The van der Waals surface area contributed by atoms with Crippen LogP contribution in [0, 0.1) is 0 Å². The van der Waals surface area contributed by atoms with Gasteiger partial charge in [0.05, 0.1) is 24.9 Å². The van der Waals surface area contributed by atoms with Gasteiger partial charge in [-0.2, -0.15) is 0 Å². The van der Waals surface area contributed by atoms with Crippen LogP contribution in [-0.2, 0) is 11.2 Å². The first-order valence-electron chi connectivity index (χ1n) is 11.3. The van der Waals surface area contributed by atoms with Crippen molar-refractivity contribution in [3.8, 4) is 17.2 Å². The van der Waals surface area contributed by atoms with E-state index in [0.717, 1.165) is 28.6 Å². The van der Waals surface area contributed by atoms with Crippen molar-refractivity contribution in [2.75, 3.05) is 44.9 Å². The molecule has 5 rings (SSSR count). The van der Waals surface area contributed by atoms with Crippen LogP contribution in [0.3, 0.4) is 0 Å². The van der Waals surface area contributed by atoms with Crippen LogP contribution in [0.5, 0.6) is 17.2 Å². The molecule has 9 heteroatoms. The van der Waals surface area contributed by atoms with E-state index in [4.69, 9.17) is 18.9 Å². The van der Waals surface area contributed by atoms with E-state index >= 15 is 0 Å². The van der Waals surface area contributed by atoms with Gasteiger partial charge in [0.15, 0.2) is 11.5 Å². The van der Waals surface area contributed by atoms with E-state index in [9.17, 15) is 9.90 Å². The normalized spacial score (nSPS) is 18.1. The molecule has 2 N–H and O–H groups in total. The van der Waals surface area contributed by atoms with Crippen LogP contribution < -0.4 is 24.4 Å². The summed E-state index contributed by atoms with van der Waals surface area (Å²) >= 11 is 0. The second-order valence-electron chi connectivity index (χ2n) is 8.24. The standard InChI is InChI=1S/C25H27N3O6/c1-31-18-3-4-20-19(13-18)16(7-9-27-20)6-8-26-14-21(29)24-15-28(25(30)34-24)17-2-5-22-23(12-17)33-11-10-32-22/h2-5,7,9,12-13,21,24,26,29H,6,8,10-11,14-15H2,1H3/t21-,24-/m0/s1. The van der Waals surface area contributed by atoms with Crippen LogP contribution in [0.15, 0.2) is 48.7 Å². The molecule has 1 fully saturated rings. The Hall–Kier alpha value is -3.56. The lowest BCUT2D eigenvalue weighted by Gasteiger charge is -2.21. The molecule has 0 radical (unpaired) electrons. The van der Waals surface area contributed by atoms with Gasteiger partial charge >= 0.3 is 6.09 Å². The van der Waals surface area contributed by atoms with Gasteiger partial charge in [-0.15, -0.1) is 0 Å². The number of nitrogens with zero attached hydrogens (tertiary/aromatic N) is 2. The van der Waals surface area contributed by atoms with Crippen LogP contribution >= 0.6 is 0 Å². The van der Waals surface area contributed by atoms with Crippen LogP contribution in [0.1, 0.15) is 5.56 Å². The third-order valence-corrected chi connectivity index (χ3v) is 6.07. The van der Waals surface area contributed by atoms with Crippen molar-refractivity contribution in [1.29, 1.82) is 0 Å². The molecule has 0 unspecified atom stereocenters. The first-order valence-corrected chi connectivity index (χ1v) is 11.3. The summed E-state index contributed by atoms with van der Waals surface area (Å²) in [7, 11) is 1.64. The maximum absolute atomic E-state index is 12.4. The molecule has 0 spiro atoms. The van der Waals surface area contributed by atoms with Gasteiger partial charge in [-0.1, -0.05) is 0 Å². The number of carbonyl (C=O) groups is 1. The number of fused-ring (bicyclic) bond motifs is 2. The largest absolute Gasteiger partial charge is 0.497 e. The van der Waals surface area contributed by atoms with E-state index in [2.05, 4.69) is 10.3 Å². The van der Waals surface area contributed by atoms with Crippen molar-refractivity contribution in [3.05, 3.63) is 54.2 Å². The van der Waals surface area contributed by atoms with Gasteiger partial charge in [0.1, 0.15) is 31.2 Å². The number of benzene rings is 2. The van der Waals surface area contributed by atoms with Gasteiger partial charge in [0, 0.05) is 24.2 Å². The maximum atomic E-state index is 12.4. The summed E-state index contributed by atoms with van der Waals surface area (Å²) in [4.78, 5) is 18.3. The molecular formula is C25H27N3O6. The summed E-state index contributed by atoms with van der Waals surface area (Å²) in [6.45, 7) is 2.19. The monoisotopic (exact) mass is 465 g/mol. The van der Waals surface area contributed by atoms with E-state index in [-0.39, 0.29) is 6.54 Å². The quantitative estimate of drug-likeness (QED) is 0.490. The second kappa shape index (κ2) is 9.74. The molecule has 2 aromatic carbocycles. The number of anilines is 1. The molecule has 2 atom stereocenters. The lowest BCUT2D eigenvalue weighted by Crippen LogP contribution is -2.39. The SMILES string of the molecule is COc1ccc2nccc(CCNC[C@H](O)[C@@H]3CN(c4ccc5c(c4)OCCO5)C(=O)O3)c2c1. The fourth-order valence-corrected chi connectivity index (χ4v) is 4.23. The number of amides is 1. The van der Waals surface area contributed by atoms with Crippen LogP contribution in [0.4, 0.5) is 10.5 Å². The molecule has 1 aromatic heterocycles. The molecule has 2 aliphatic rings. The third kappa shape index (κ3) is 4.57. The van der Waals surface area contributed by atoms with Crippen molar-refractivity contribution in [2.45, 2.75) is 18.6 Å². The molecule has 34 heavy (non-hydrogen) atoms. The van der Waals surface area contributed by atoms with Gasteiger partial charge in [-0.3, -0.25) is 9.88 Å². The molecular weight excluding hydrogens is 438 g/mol. The molecule has 3 heterocycles. The molecule has 0 bridgehead atoms. The molecule has 3 aromatic rings. The van der Waals surface area contributed by atoms with Crippen molar-refractivity contribution in [1.82, 2.24) is 10.3 Å². The predicted octanol–water partition coefficient (Wildman–Crippen LogP) is 2.53. The minimum atomic E-state index is -0.833. The summed E-state index contributed by atoms with van der Waals surface area (Å²) in [5.74, 6) is 2.04. The Balaban J connectivity index is 1.15. The summed E-state index contributed by atoms with van der Waals surface area (Å²) < 4.78 is 21.9. The Labute approximate surface area is 197 Å². The number of hydrogen-bond acceptors (Lipinski definition) is 8. The van der Waals surface area contributed by atoms with Crippen LogP contribution in [-0.4, -0.2) is 68.3 Å². The molecule has 2 aliphatic heterocycles. The number of hydrogen-bond donors (Lipinski definition) is 2. The smallest absolute Gasteiger partial charge is 0.414 e. The lowest BCUT2D eigenvalue weighted by molar-refractivity contribution is 0.0333. The number of nitrogens with one attached hydrogen (secondary N) is 1. The average Bonchev–Trinajstić information content (AvgIpc) is 3.27. The fraction of sp³-hybridized carbons (Fsp3) is 0.360. The Morgan fingerprint density at radius 2 is 2.03 bits per heavy atom. The summed E-state index contributed by atoms with van der Waals surface area (Å²) in [6, 6.07) is 13.1. The molecule has 0 saturated carbocycles. The maximum Gasteiger partial charge on any atom is 0.414 e. The van der Waals surface area contributed by atoms with Crippen molar-refractivity contribution >= 4 is 22.7 Å². The summed E-state index contributed by atoms with van der Waals surface area (Å²) in [6.07, 6.45) is 0.605. The Bertz CT molecular complexity index is 1190. The number of carbonyl (C=O) groups excluding carboxylic acids is 1. The predicted molar refractivity (Wildman–Crippen MR) is 126 cm³/mol. The van der Waals surface area contributed by atoms with Gasteiger partial charge in [-0.05, 0) is 54.9 Å². The van der Waals surface area contributed by atoms with Crippen molar-refractivity contribution in [3.63, 3.8) is 0 Å². The van der Waals surface area contributed by atoms with Gasteiger partial charge in [-0.25, -0.2) is 4.79 Å². The number of pyridine rings is 1. The first-order chi connectivity index (χ1) is 16.6. The van der Waals surface area contributed by atoms with Gasteiger partial charge in [0.2, 0.25) is 0 Å². The minimum Gasteiger partial charge on any atom is -0.497 e. The molecule has 9 nitrogen and oxygen atoms in total. The summed E-state index contributed by atoms with van der Waals surface area (Å²) in [5, 5.41) is 14.9. The second-order valence-corrected chi connectivity index (χ2v) is 8.24. The Kier molecular flexibility index (Phi) is 6.37. The average molecular weight is 466 g/mol. The van der Waals surface area contributed by atoms with E-state index in [1.54, 1.807) is 31.5 Å². The van der Waals surface area contributed by atoms with Gasteiger partial charge in [0.25, 0.3) is 0 Å². The molecule has 0 aliphatic carbocycles. The fourth-order valence-electron chi connectivity index (χ4n) is 4.23. The highest BCUT2D eigenvalue weighted by Gasteiger charge is 2.37. The number of cyclic esters (lactones) is 1. The topological polar surface area (TPSA) is 102 Å². The third-order valence-electron chi connectivity index (χ3n) is 6.07. The zero-order valence-corrected chi connectivity index (χ0v) is 18.9. The number of aliphatic hydroxyl groups is 1. The molecule has 1 amide bonds. The zero-order valence-electron chi connectivity index (χ0n) is 18.9. The number of ether oxygens (including phenoxy) is 4. The van der Waals surface area contributed by atoms with Crippen molar-refractivity contribution in [2.24, 2.45) is 0 Å². The zero-order chi connectivity index (χ0) is 23.5. The Morgan fingerprint density at radius 3 is 2.88 bits per heavy atom. The summed E-state index contributed by atoms with van der Waals surface area (Å²) in [5.41, 5.74) is 2.70. The van der Waals surface area contributed by atoms with E-state index in [1.807, 2.05) is 24.3 Å². The highest BCUT2D eigenvalue weighted by Crippen LogP contribution is 2.35. The highest BCUT2D eigenvalue weighted by molar-refractivity contribution is 5.90. The van der Waals surface area contributed by atoms with E-state index in [1.165, 1.54) is 4.90 Å². The number of aliphatic hydroxyl groups excluding tert-OH is 1.